The van der Waals surface area contributed by atoms with Crippen molar-refractivity contribution in [3.05, 3.63) is 59.8 Å². The molecule has 0 amide bonds. The Morgan fingerprint density at radius 2 is 2.00 bits per heavy atom. The molecule has 1 N–H and O–H groups in total. The van der Waals surface area contributed by atoms with E-state index < -0.39 is 0 Å². The fraction of sp³-hybridized carbons (Fsp3) is 0.400. The van der Waals surface area contributed by atoms with Crippen LogP contribution in [0.1, 0.15) is 17.1 Å². The molecule has 0 bridgehead atoms. The molecule has 3 heterocycles. The van der Waals surface area contributed by atoms with Gasteiger partial charge < -0.3 is 9.30 Å². The van der Waals surface area contributed by atoms with Crippen LogP contribution in [0.15, 0.2) is 42.7 Å². The van der Waals surface area contributed by atoms with Gasteiger partial charge in [-0.05, 0) is 6.42 Å². The van der Waals surface area contributed by atoms with Gasteiger partial charge in [0.15, 0.2) is 0 Å². The number of methoxy groups -OCH3 is 1. The molecule has 6 heteroatoms. The molecule has 0 saturated heterocycles. The molecule has 0 spiro atoms. The van der Waals surface area contributed by atoms with Gasteiger partial charge >= 0.3 is 0 Å². The predicted octanol–water partition coefficient (Wildman–Crippen LogP) is 2.52. The van der Waals surface area contributed by atoms with E-state index in [4.69, 9.17) is 4.74 Å². The van der Waals surface area contributed by atoms with Crippen LogP contribution in [0, 0.1) is 0 Å². The lowest BCUT2D eigenvalue weighted by molar-refractivity contribution is 0.184. The average Bonchev–Trinajstić information content (AvgIpc) is 3.24. The zero-order chi connectivity index (χ0) is 17.8. The lowest BCUT2D eigenvalue weighted by atomic mass is 10.0. The van der Waals surface area contributed by atoms with Gasteiger partial charge in [-0.3, -0.25) is 10.00 Å². The van der Waals surface area contributed by atoms with E-state index in [0.29, 0.717) is 6.61 Å². The zero-order valence-electron chi connectivity index (χ0n) is 15.2. The summed E-state index contributed by atoms with van der Waals surface area (Å²) in [5.74, 6) is 1.11. The normalized spacial score (nSPS) is 15.0. The van der Waals surface area contributed by atoms with Crippen molar-refractivity contribution in [3.63, 3.8) is 0 Å². The Morgan fingerprint density at radius 1 is 1.15 bits per heavy atom. The number of hydrogen-bond acceptors (Lipinski definition) is 4. The van der Waals surface area contributed by atoms with E-state index in [0.717, 1.165) is 50.5 Å². The van der Waals surface area contributed by atoms with Crippen LogP contribution in [-0.2, 0) is 30.7 Å². The molecule has 136 valence electrons. The van der Waals surface area contributed by atoms with E-state index in [1.54, 1.807) is 7.11 Å². The summed E-state index contributed by atoms with van der Waals surface area (Å²) in [6.45, 7) is 4.46. The minimum Gasteiger partial charge on any atom is -0.383 e. The fourth-order valence-corrected chi connectivity index (χ4v) is 3.61. The van der Waals surface area contributed by atoms with Crippen molar-refractivity contribution in [2.75, 3.05) is 26.8 Å². The Bertz CT molecular complexity index is 839. The van der Waals surface area contributed by atoms with Gasteiger partial charge in [-0.15, -0.1) is 0 Å². The molecule has 6 nitrogen and oxygen atoms in total. The molecule has 2 aromatic heterocycles. The molecule has 26 heavy (non-hydrogen) atoms. The van der Waals surface area contributed by atoms with Gasteiger partial charge in [0.2, 0.25) is 0 Å². The minimum absolute atomic E-state index is 0.708. The molecule has 0 atom stereocenters. The van der Waals surface area contributed by atoms with Crippen LogP contribution in [0.3, 0.4) is 0 Å². The summed E-state index contributed by atoms with van der Waals surface area (Å²) in [6, 6.07) is 10.4. The lowest BCUT2D eigenvalue weighted by Gasteiger charge is -2.20. The first-order chi connectivity index (χ1) is 12.8. The summed E-state index contributed by atoms with van der Waals surface area (Å²) >= 11 is 0. The summed E-state index contributed by atoms with van der Waals surface area (Å²) < 4.78 is 7.38. The average molecular weight is 351 g/mol. The number of hydrogen-bond donors (Lipinski definition) is 1. The van der Waals surface area contributed by atoms with E-state index in [1.165, 1.54) is 16.8 Å². The molecule has 0 unspecified atom stereocenters. The molecule has 4 rings (SSSR count). The first kappa shape index (κ1) is 17.0. The lowest BCUT2D eigenvalue weighted by Crippen LogP contribution is -2.28. The number of benzene rings is 1. The van der Waals surface area contributed by atoms with Gasteiger partial charge in [0.1, 0.15) is 5.82 Å². The van der Waals surface area contributed by atoms with Crippen LogP contribution in [0.25, 0.3) is 11.3 Å². The van der Waals surface area contributed by atoms with Crippen LogP contribution < -0.4 is 0 Å². The van der Waals surface area contributed by atoms with Crippen LogP contribution in [0.2, 0.25) is 0 Å². The first-order valence-electron chi connectivity index (χ1n) is 9.18. The third kappa shape index (κ3) is 3.57. The van der Waals surface area contributed by atoms with E-state index >= 15 is 0 Å². The molecule has 0 aliphatic carbocycles. The smallest absolute Gasteiger partial charge is 0.122 e. The fourth-order valence-electron chi connectivity index (χ4n) is 3.61. The largest absolute Gasteiger partial charge is 0.383 e. The van der Waals surface area contributed by atoms with Crippen LogP contribution in [-0.4, -0.2) is 51.5 Å². The molecule has 1 aromatic carbocycles. The highest BCUT2D eigenvalue weighted by molar-refractivity contribution is 5.64. The second kappa shape index (κ2) is 7.85. The second-order valence-electron chi connectivity index (χ2n) is 6.70. The number of nitrogens with zero attached hydrogens (tertiary/aromatic N) is 4. The SMILES string of the molecule is COCCn1ccnc1CN1CCc2[nH]nc(-c3ccccc3)c2CC1. The third-order valence-electron chi connectivity index (χ3n) is 5.06. The van der Waals surface area contributed by atoms with Crippen molar-refractivity contribution in [2.24, 2.45) is 0 Å². The minimum atomic E-state index is 0.708. The number of ether oxygens (including phenoxy) is 1. The van der Waals surface area contributed by atoms with Crippen molar-refractivity contribution < 1.29 is 4.74 Å². The van der Waals surface area contributed by atoms with Gasteiger partial charge in [0.25, 0.3) is 0 Å². The van der Waals surface area contributed by atoms with E-state index in [9.17, 15) is 0 Å². The number of rotatable bonds is 6. The number of H-pyrrole nitrogens is 1. The molecule has 1 aliphatic rings. The van der Waals surface area contributed by atoms with Crippen LogP contribution >= 0.6 is 0 Å². The number of imidazole rings is 1. The first-order valence-corrected chi connectivity index (χ1v) is 9.18. The molecule has 0 fully saturated rings. The quantitative estimate of drug-likeness (QED) is 0.741. The summed E-state index contributed by atoms with van der Waals surface area (Å²) in [5, 5.41) is 7.85. The third-order valence-corrected chi connectivity index (χ3v) is 5.06. The second-order valence-corrected chi connectivity index (χ2v) is 6.70. The highest BCUT2D eigenvalue weighted by Crippen LogP contribution is 2.26. The van der Waals surface area contributed by atoms with Crippen molar-refractivity contribution in [1.82, 2.24) is 24.6 Å². The monoisotopic (exact) mass is 351 g/mol. The number of fused-ring (bicyclic) bond motifs is 1. The van der Waals surface area contributed by atoms with Gasteiger partial charge in [0.05, 0.1) is 18.8 Å². The Labute approximate surface area is 153 Å². The topological polar surface area (TPSA) is 59.0 Å². The van der Waals surface area contributed by atoms with Crippen molar-refractivity contribution in [1.29, 1.82) is 0 Å². The Kier molecular flexibility index (Phi) is 5.13. The van der Waals surface area contributed by atoms with Gasteiger partial charge in [-0.2, -0.15) is 5.10 Å². The number of nitrogens with one attached hydrogen (secondary N) is 1. The summed E-state index contributed by atoms with van der Waals surface area (Å²) in [7, 11) is 1.73. The van der Waals surface area contributed by atoms with Gasteiger partial charge in [0, 0.05) is 62.4 Å². The Balaban J connectivity index is 1.46. The predicted molar refractivity (Wildman–Crippen MR) is 101 cm³/mol. The van der Waals surface area contributed by atoms with Crippen molar-refractivity contribution in [3.8, 4) is 11.3 Å². The zero-order valence-corrected chi connectivity index (χ0v) is 15.2. The highest BCUT2D eigenvalue weighted by Gasteiger charge is 2.21. The van der Waals surface area contributed by atoms with Crippen LogP contribution in [0.5, 0.6) is 0 Å². The molecular weight excluding hydrogens is 326 g/mol. The molecule has 1 aliphatic heterocycles. The standard InChI is InChI=1S/C20H25N5O/c1-26-14-13-25-12-9-21-19(25)15-24-10-7-17-18(8-11-24)22-23-20(17)16-5-3-2-4-6-16/h2-6,9,12H,7-8,10-11,13-15H2,1H3,(H,22,23). The van der Waals surface area contributed by atoms with Crippen LogP contribution in [0.4, 0.5) is 0 Å². The maximum absolute atomic E-state index is 5.19. The summed E-state index contributed by atoms with van der Waals surface area (Å²) in [5.41, 5.74) is 4.92. The van der Waals surface area contributed by atoms with Gasteiger partial charge in [-0.25, -0.2) is 4.98 Å². The van der Waals surface area contributed by atoms with E-state index in [-0.39, 0.29) is 0 Å². The van der Waals surface area contributed by atoms with E-state index in [1.807, 2.05) is 18.5 Å². The number of aromatic amines is 1. The Hall–Kier alpha value is -2.44. The molecule has 3 aromatic rings. The van der Waals surface area contributed by atoms with Gasteiger partial charge in [-0.1, -0.05) is 30.3 Å². The molecule has 0 radical (unpaired) electrons. The maximum atomic E-state index is 5.19. The maximum Gasteiger partial charge on any atom is 0.122 e. The molecule has 0 saturated carbocycles. The summed E-state index contributed by atoms with van der Waals surface area (Å²) in [6.07, 6.45) is 5.91. The highest BCUT2D eigenvalue weighted by atomic mass is 16.5. The Morgan fingerprint density at radius 3 is 2.85 bits per heavy atom. The number of aromatic nitrogens is 4. The summed E-state index contributed by atoms with van der Waals surface area (Å²) in [4.78, 5) is 7.02. The van der Waals surface area contributed by atoms with E-state index in [2.05, 4.69) is 48.9 Å². The van der Waals surface area contributed by atoms with Crippen molar-refractivity contribution >= 4 is 0 Å². The molecular formula is C20H25N5O. The van der Waals surface area contributed by atoms with Crippen molar-refractivity contribution in [2.45, 2.75) is 25.9 Å².